The fourth-order valence-electron chi connectivity index (χ4n) is 2.42. The number of benzene rings is 1. The third kappa shape index (κ3) is 2.14. The number of rotatable bonds is 1. The SMILES string of the molecule is CCN1C(=O)/C(=C2/C(=O)Cc3ccc(I)cc32)SC1=S. The van der Waals surface area contributed by atoms with Crippen LogP contribution in [0.4, 0.5) is 0 Å². The third-order valence-corrected chi connectivity index (χ3v) is 5.48. The summed E-state index contributed by atoms with van der Waals surface area (Å²) in [7, 11) is 0. The Kier molecular flexibility index (Phi) is 3.72. The van der Waals surface area contributed by atoms with Crippen LogP contribution in [0.5, 0.6) is 0 Å². The molecule has 1 aromatic rings. The van der Waals surface area contributed by atoms with Crippen LogP contribution in [0.3, 0.4) is 0 Å². The first-order chi connectivity index (χ1) is 9.52. The van der Waals surface area contributed by atoms with E-state index in [0.29, 0.717) is 27.8 Å². The number of thioether (sulfide) groups is 1. The van der Waals surface area contributed by atoms with Crippen LogP contribution in [-0.2, 0) is 16.0 Å². The summed E-state index contributed by atoms with van der Waals surface area (Å²) in [5, 5.41) is 0. The Bertz CT molecular complexity index is 696. The van der Waals surface area contributed by atoms with Crippen molar-refractivity contribution >= 4 is 68.2 Å². The van der Waals surface area contributed by atoms with Gasteiger partial charge in [-0.05, 0) is 52.8 Å². The molecular formula is C14H10INO2S2. The highest BCUT2D eigenvalue weighted by Gasteiger charge is 2.38. The number of ketones is 1. The van der Waals surface area contributed by atoms with Gasteiger partial charge in [0.25, 0.3) is 5.91 Å². The predicted octanol–water partition coefficient (Wildman–Crippen LogP) is 3.01. The van der Waals surface area contributed by atoms with Crippen LogP contribution in [0.2, 0.25) is 0 Å². The lowest BCUT2D eigenvalue weighted by Crippen LogP contribution is -2.27. The molecule has 0 atom stereocenters. The number of thiocarbonyl (C=S) groups is 1. The zero-order valence-electron chi connectivity index (χ0n) is 10.6. The van der Waals surface area contributed by atoms with Crippen molar-refractivity contribution in [3.8, 4) is 0 Å². The molecule has 1 amide bonds. The number of Topliss-reactive ketones (excluding diaryl/α,β-unsaturated/α-hetero) is 1. The molecule has 0 saturated carbocycles. The molecule has 6 heteroatoms. The topological polar surface area (TPSA) is 37.4 Å². The van der Waals surface area contributed by atoms with Gasteiger partial charge >= 0.3 is 0 Å². The molecule has 20 heavy (non-hydrogen) atoms. The van der Waals surface area contributed by atoms with Crippen molar-refractivity contribution < 1.29 is 9.59 Å². The normalized spacial score (nSPS) is 21.9. The summed E-state index contributed by atoms with van der Waals surface area (Å²) in [5.41, 5.74) is 2.43. The van der Waals surface area contributed by atoms with Crippen molar-refractivity contribution in [2.75, 3.05) is 6.54 Å². The second-order valence-corrected chi connectivity index (χ2v) is 7.41. The molecule has 102 valence electrons. The molecule has 0 bridgehead atoms. The van der Waals surface area contributed by atoms with Crippen molar-refractivity contribution in [3.05, 3.63) is 37.8 Å². The minimum absolute atomic E-state index is 0.0126. The summed E-state index contributed by atoms with van der Waals surface area (Å²) >= 11 is 8.67. The van der Waals surface area contributed by atoms with Gasteiger partial charge in [0.05, 0.1) is 4.91 Å². The monoisotopic (exact) mass is 415 g/mol. The van der Waals surface area contributed by atoms with Gasteiger partial charge in [-0.2, -0.15) is 0 Å². The van der Waals surface area contributed by atoms with E-state index in [2.05, 4.69) is 22.6 Å². The smallest absolute Gasteiger partial charge is 0.266 e. The Balaban J connectivity index is 2.18. The summed E-state index contributed by atoms with van der Waals surface area (Å²) in [6.07, 6.45) is 0.373. The number of likely N-dealkylation sites (N-methyl/N-ethyl adjacent to an activating group) is 1. The molecule has 0 unspecified atom stereocenters. The number of hydrogen-bond donors (Lipinski definition) is 0. The number of fused-ring (bicyclic) bond motifs is 1. The Morgan fingerprint density at radius 2 is 2.15 bits per heavy atom. The van der Waals surface area contributed by atoms with Gasteiger partial charge in [-0.15, -0.1) is 0 Å². The van der Waals surface area contributed by atoms with E-state index in [1.54, 1.807) is 4.90 Å². The van der Waals surface area contributed by atoms with E-state index in [0.717, 1.165) is 14.7 Å². The number of carbonyl (C=O) groups is 2. The van der Waals surface area contributed by atoms with Crippen LogP contribution in [0.15, 0.2) is 23.1 Å². The van der Waals surface area contributed by atoms with Crippen molar-refractivity contribution in [2.24, 2.45) is 0 Å². The fraction of sp³-hybridized carbons (Fsp3) is 0.214. The highest BCUT2D eigenvalue weighted by Crippen LogP contribution is 2.41. The number of allylic oxidation sites excluding steroid dienone is 1. The lowest BCUT2D eigenvalue weighted by Gasteiger charge is -2.10. The molecule has 1 aliphatic carbocycles. The quantitative estimate of drug-likeness (QED) is 0.402. The highest BCUT2D eigenvalue weighted by molar-refractivity contribution is 14.1. The van der Waals surface area contributed by atoms with Crippen LogP contribution in [0.1, 0.15) is 18.1 Å². The second-order valence-electron chi connectivity index (χ2n) is 4.52. The first kappa shape index (κ1) is 14.2. The van der Waals surface area contributed by atoms with Gasteiger partial charge in [0.15, 0.2) is 5.78 Å². The molecule has 0 N–H and O–H groups in total. The number of amides is 1. The second kappa shape index (κ2) is 5.23. The molecule has 2 aliphatic rings. The maximum absolute atomic E-state index is 12.4. The van der Waals surface area contributed by atoms with Gasteiger partial charge in [-0.3, -0.25) is 14.5 Å². The Morgan fingerprint density at radius 1 is 1.40 bits per heavy atom. The van der Waals surface area contributed by atoms with Gasteiger partial charge in [-0.25, -0.2) is 0 Å². The summed E-state index contributed by atoms with van der Waals surface area (Å²) in [5.74, 6) is -0.129. The number of halogens is 1. The molecule has 0 spiro atoms. The predicted molar refractivity (Wildman–Crippen MR) is 92.4 cm³/mol. The summed E-state index contributed by atoms with van der Waals surface area (Å²) in [4.78, 5) is 26.7. The first-order valence-electron chi connectivity index (χ1n) is 6.13. The van der Waals surface area contributed by atoms with Crippen molar-refractivity contribution in [2.45, 2.75) is 13.3 Å². The van der Waals surface area contributed by atoms with Gasteiger partial charge < -0.3 is 0 Å². The molecule has 0 aromatic heterocycles. The van der Waals surface area contributed by atoms with Gasteiger partial charge in [-0.1, -0.05) is 30.0 Å². The van der Waals surface area contributed by atoms with E-state index in [1.807, 2.05) is 25.1 Å². The van der Waals surface area contributed by atoms with Crippen LogP contribution in [-0.4, -0.2) is 27.5 Å². The Morgan fingerprint density at radius 3 is 2.80 bits per heavy atom. The number of hydrogen-bond acceptors (Lipinski definition) is 4. The van der Waals surface area contributed by atoms with Crippen LogP contribution >= 0.6 is 46.6 Å². The maximum atomic E-state index is 12.4. The Labute approximate surface area is 139 Å². The summed E-state index contributed by atoms with van der Waals surface area (Å²) in [6, 6.07) is 5.91. The average molecular weight is 415 g/mol. The summed E-state index contributed by atoms with van der Waals surface area (Å²) < 4.78 is 1.59. The minimum atomic E-state index is -0.141. The molecule has 3 rings (SSSR count). The lowest BCUT2D eigenvalue weighted by molar-refractivity contribution is -0.122. The highest BCUT2D eigenvalue weighted by atomic mass is 127. The zero-order valence-corrected chi connectivity index (χ0v) is 14.4. The lowest BCUT2D eigenvalue weighted by atomic mass is 10.1. The third-order valence-electron chi connectivity index (χ3n) is 3.36. The standard InChI is InChI=1S/C14H10INO2S2/c1-2-16-13(18)12(20-14(16)19)11-9-6-8(15)4-3-7(9)5-10(11)17/h3-4,6H,2,5H2,1H3/b12-11-. The molecule has 1 fully saturated rings. The van der Waals surface area contributed by atoms with E-state index in [4.69, 9.17) is 12.2 Å². The van der Waals surface area contributed by atoms with Crippen LogP contribution in [0, 0.1) is 3.57 Å². The van der Waals surface area contributed by atoms with E-state index >= 15 is 0 Å². The Hall–Kier alpha value is -0.730. The molecule has 1 heterocycles. The van der Waals surface area contributed by atoms with Crippen molar-refractivity contribution in [3.63, 3.8) is 0 Å². The maximum Gasteiger partial charge on any atom is 0.266 e. The fourth-order valence-corrected chi connectivity index (χ4v) is 4.39. The zero-order chi connectivity index (χ0) is 14.4. The van der Waals surface area contributed by atoms with E-state index < -0.39 is 0 Å². The molecular weight excluding hydrogens is 405 g/mol. The molecule has 0 radical (unpaired) electrons. The molecule has 3 nitrogen and oxygen atoms in total. The van der Waals surface area contributed by atoms with E-state index in [-0.39, 0.29) is 11.7 Å². The molecule has 1 aliphatic heterocycles. The summed E-state index contributed by atoms with van der Waals surface area (Å²) in [6.45, 7) is 2.42. The van der Waals surface area contributed by atoms with Crippen molar-refractivity contribution in [1.29, 1.82) is 0 Å². The van der Waals surface area contributed by atoms with Crippen molar-refractivity contribution in [1.82, 2.24) is 4.90 Å². The number of carbonyl (C=O) groups excluding carboxylic acids is 2. The van der Waals surface area contributed by atoms with Gasteiger partial charge in [0.2, 0.25) is 0 Å². The average Bonchev–Trinajstić information content (AvgIpc) is 2.85. The molecule has 1 aromatic carbocycles. The number of nitrogens with zero attached hydrogens (tertiary/aromatic N) is 1. The van der Waals surface area contributed by atoms with E-state index in [9.17, 15) is 9.59 Å². The van der Waals surface area contributed by atoms with Crippen LogP contribution in [0.25, 0.3) is 5.57 Å². The van der Waals surface area contributed by atoms with E-state index in [1.165, 1.54) is 11.8 Å². The van der Waals surface area contributed by atoms with Crippen LogP contribution < -0.4 is 0 Å². The van der Waals surface area contributed by atoms with Gasteiger partial charge in [0.1, 0.15) is 4.32 Å². The van der Waals surface area contributed by atoms with Gasteiger partial charge in [0, 0.05) is 22.1 Å². The first-order valence-corrected chi connectivity index (χ1v) is 8.43. The molecule has 1 saturated heterocycles. The largest absolute Gasteiger partial charge is 0.294 e. The minimum Gasteiger partial charge on any atom is -0.294 e.